The topological polar surface area (TPSA) is 70.7 Å². The predicted octanol–water partition coefficient (Wildman–Crippen LogP) is 2.45. The molecule has 1 heterocycles. The first-order valence-corrected chi connectivity index (χ1v) is 10.1. The lowest BCUT2D eigenvalue weighted by Crippen LogP contribution is -2.46. The molecule has 0 aliphatic carbocycles. The van der Waals surface area contributed by atoms with Crippen LogP contribution in [0.4, 0.5) is 0 Å². The van der Waals surface area contributed by atoms with Crippen LogP contribution in [0.5, 0.6) is 0 Å². The summed E-state index contributed by atoms with van der Waals surface area (Å²) >= 11 is 6.09. The number of hydrogen-bond donors (Lipinski definition) is 2. The summed E-state index contributed by atoms with van der Waals surface area (Å²) in [5, 5.41) is 5.95. The molecule has 1 aliphatic heterocycles. The van der Waals surface area contributed by atoms with Gasteiger partial charge in [0.15, 0.2) is 0 Å². The molecule has 1 atom stereocenters. The summed E-state index contributed by atoms with van der Waals surface area (Å²) < 4.78 is 5.45. The Hall–Kier alpha value is -2.41. The van der Waals surface area contributed by atoms with Crippen molar-refractivity contribution in [2.75, 3.05) is 32.8 Å². The molecule has 2 amide bonds. The van der Waals surface area contributed by atoms with E-state index in [0.29, 0.717) is 24.8 Å². The second kappa shape index (κ2) is 10.4. The van der Waals surface area contributed by atoms with Crippen LogP contribution >= 0.6 is 11.6 Å². The van der Waals surface area contributed by atoms with Gasteiger partial charge >= 0.3 is 11.8 Å². The summed E-state index contributed by atoms with van der Waals surface area (Å²) in [6, 6.07) is 15.4. The fraction of sp³-hybridized carbons (Fsp3) is 0.364. The van der Waals surface area contributed by atoms with Crippen LogP contribution in [0, 0.1) is 6.92 Å². The Labute approximate surface area is 176 Å². The van der Waals surface area contributed by atoms with E-state index in [2.05, 4.69) is 39.8 Å². The van der Waals surface area contributed by atoms with E-state index in [1.807, 2.05) is 25.1 Å². The first-order chi connectivity index (χ1) is 14.0. The number of benzene rings is 2. The Balaban J connectivity index is 1.59. The number of hydrogen-bond acceptors (Lipinski definition) is 4. The predicted molar refractivity (Wildman–Crippen MR) is 113 cm³/mol. The first-order valence-electron chi connectivity index (χ1n) is 9.72. The lowest BCUT2D eigenvalue weighted by molar-refractivity contribution is -0.139. The Morgan fingerprint density at radius 3 is 2.38 bits per heavy atom. The second-order valence-corrected chi connectivity index (χ2v) is 7.47. The van der Waals surface area contributed by atoms with Gasteiger partial charge in [-0.05, 0) is 24.1 Å². The molecule has 3 rings (SSSR count). The van der Waals surface area contributed by atoms with Crippen LogP contribution in [-0.4, -0.2) is 49.6 Å². The fourth-order valence-corrected chi connectivity index (χ4v) is 3.51. The summed E-state index contributed by atoms with van der Waals surface area (Å²) in [4.78, 5) is 26.8. The number of halogens is 1. The SMILES string of the molecule is Cc1ccc(C(CNC(=O)C(=O)NCc2ccccc2Cl)N2CCOCC2)cc1. The van der Waals surface area contributed by atoms with Crippen molar-refractivity contribution in [2.24, 2.45) is 0 Å². The van der Waals surface area contributed by atoms with Gasteiger partial charge in [-0.1, -0.05) is 59.6 Å². The zero-order chi connectivity index (χ0) is 20.6. The van der Waals surface area contributed by atoms with E-state index in [0.717, 1.165) is 24.2 Å². The van der Waals surface area contributed by atoms with E-state index < -0.39 is 11.8 Å². The first kappa shape index (κ1) is 21.3. The Bertz CT molecular complexity index is 835. The van der Waals surface area contributed by atoms with Gasteiger partial charge in [0.2, 0.25) is 0 Å². The highest BCUT2D eigenvalue weighted by molar-refractivity contribution is 6.35. The molecule has 1 fully saturated rings. The van der Waals surface area contributed by atoms with E-state index in [1.165, 1.54) is 5.56 Å². The third-order valence-corrected chi connectivity index (χ3v) is 5.38. The summed E-state index contributed by atoms with van der Waals surface area (Å²) in [6.07, 6.45) is 0. The van der Waals surface area contributed by atoms with Gasteiger partial charge in [-0.25, -0.2) is 0 Å². The molecule has 0 saturated carbocycles. The zero-order valence-electron chi connectivity index (χ0n) is 16.5. The van der Waals surface area contributed by atoms with Gasteiger partial charge in [-0.15, -0.1) is 0 Å². The molecular formula is C22H26ClN3O3. The number of nitrogens with zero attached hydrogens (tertiary/aromatic N) is 1. The largest absolute Gasteiger partial charge is 0.379 e. The number of carbonyl (C=O) groups excluding carboxylic acids is 2. The monoisotopic (exact) mass is 415 g/mol. The van der Waals surface area contributed by atoms with Crippen LogP contribution in [0.3, 0.4) is 0 Å². The van der Waals surface area contributed by atoms with Crippen LogP contribution in [0.2, 0.25) is 5.02 Å². The third-order valence-electron chi connectivity index (χ3n) is 5.01. The molecular weight excluding hydrogens is 390 g/mol. The number of morpholine rings is 1. The normalized spacial score (nSPS) is 15.5. The fourth-order valence-electron chi connectivity index (χ4n) is 3.30. The summed E-state index contributed by atoms with van der Waals surface area (Å²) in [6.45, 7) is 5.49. The average Bonchev–Trinajstić information content (AvgIpc) is 2.75. The number of rotatable bonds is 6. The standard InChI is InChI=1S/C22H26ClN3O3/c1-16-6-8-17(9-7-16)20(26-10-12-29-13-11-26)15-25-22(28)21(27)24-14-18-4-2-3-5-19(18)23/h2-9,20H,10-15H2,1H3,(H,24,27)(H,25,28). The second-order valence-electron chi connectivity index (χ2n) is 7.06. The van der Waals surface area contributed by atoms with Crippen molar-refractivity contribution < 1.29 is 14.3 Å². The molecule has 2 aromatic carbocycles. The molecule has 0 aromatic heterocycles. The van der Waals surface area contributed by atoms with Gasteiger partial charge in [-0.3, -0.25) is 14.5 Å². The molecule has 2 N–H and O–H groups in total. The van der Waals surface area contributed by atoms with Crippen molar-refractivity contribution in [3.05, 3.63) is 70.2 Å². The summed E-state index contributed by atoms with van der Waals surface area (Å²) in [5.74, 6) is -1.32. The minimum atomic E-state index is -0.672. The minimum absolute atomic E-state index is 0.0141. The Morgan fingerprint density at radius 2 is 1.69 bits per heavy atom. The molecule has 29 heavy (non-hydrogen) atoms. The van der Waals surface area contributed by atoms with E-state index in [1.54, 1.807) is 6.07 Å². The van der Waals surface area contributed by atoms with Crippen LogP contribution < -0.4 is 10.6 Å². The molecule has 2 aromatic rings. The minimum Gasteiger partial charge on any atom is -0.379 e. The van der Waals surface area contributed by atoms with Crippen molar-refractivity contribution in [1.29, 1.82) is 0 Å². The molecule has 0 spiro atoms. The van der Waals surface area contributed by atoms with Gasteiger partial charge in [0.1, 0.15) is 0 Å². The van der Waals surface area contributed by atoms with Gasteiger partial charge in [0.25, 0.3) is 0 Å². The number of aryl methyl sites for hydroxylation is 1. The maximum Gasteiger partial charge on any atom is 0.309 e. The molecule has 1 saturated heterocycles. The molecule has 1 unspecified atom stereocenters. The zero-order valence-corrected chi connectivity index (χ0v) is 17.2. The Morgan fingerprint density at radius 1 is 1.03 bits per heavy atom. The molecule has 1 aliphatic rings. The van der Waals surface area contributed by atoms with Crippen LogP contribution in [0.15, 0.2) is 48.5 Å². The Kier molecular flexibility index (Phi) is 7.63. The van der Waals surface area contributed by atoms with E-state index in [9.17, 15) is 9.59 Å². The number of amides is 2. The molecule has 7 heteroatoms. The van der Waals surface area contributed by atoms with Gasteiger partial charge in [0.05, 0.1) is 19.3 Å². The number of ether oxygens (including phenoxy) is 1. The van der Waals surface area contributed by atoms with Gasteiger partial charge < -0.3 is 15.4 Å². The number of nitrogens with one attached hydrogen (secondary N) is 2. The molecule has 154 valence electrons. The molecule has 6 nitrogen and oxygen atoms in total. The maximum atomic E-state index is 12.3. The van der Waals surface area contributed by atoms with Crippen molar-refractivity contribution in [3.8, 4) is 0 Å². The van der Waals surface area contributed by atoms with E-state index >= 15 is 0 Å². The number of carbonyl (C=O) groups is 2. The molecule has 0 bridgehead atoms. The van der Waals surface area contributed by atoms with Gasteiger partial charge in [-0.2, -0.15) is 0 Å². The lowest BCUT2D eigenvalue weighted by atomic mass is 10.0. The van der Waals surface area contributed by atoms with Crippen molar-refractivity contribution >= 4 is 23.4 Å². The van der Waals surface area contributed by atoms with Crippen molar-refractivity contribution in [1.82, 2.24) is 15.5 Å². The highest BCUT2D eigenvalue weighted by Crippen LogP contribution is 2.22. The van der Waals surface area contributed by atoms with Crippen LogP contribution in [0.25, 0.3) is 0 Å². The third kappa shape index (κ3) is 6.03. The van der Waals surface area contributed by atoms with Gasteiger partial charge in [0, 0.05) is 31.2 Å². The quantitative estimate of drug-likeness (QED) is 0.711. The molecule has 0 radical (unpaired) electrons. The summed E-state index contributed by atoms with van der Waals surface area (Å²) in [7, 11) is 0. The maximum absolute atomic E-state index is 12.3. The van der Waals surface area contributed by atoms with Crippen LogP contribution in [0.1, 0.15) is 22.7 Å². The smallest absolute Gasteiger partial charge is 0.309 e. The van der Waals surface area contributed by atoms with Crippen molar-refractivity contribution in [2.45, 2.75) is 19.5 Å². The average molecular weight is 416 g/mol. The van der Waals surface area contributed by atoms with Crippen LogP contribution in [-0.2, 0) is 20.9 Å². The van der Waals surface area contributed by atoms with Crippen molar-refractivity contribution in [3.63, 3.8) is 0 Å². The summed E-state index contributed by atoms with van der Waals surface area (Å²) in [5.41, 5.74) is 3.05. The van der Waals surface area contributed by atoms with E-state index in [-0.39, 0.29) is 12.6 Å². The lowest BCUT2D eigenvalue weighted by Gasteiger charge is -2.35. The highest BCUT2D eigenvalue weighted by Gasteiger charge is 2.24. The van der Waals surface area contributed by atoms with E-state index in [4.69, 9.17) is 16.3 Å². The highest BCUT2D eigenvalue weighted by atomic mass is 35.5.